The number of amides is 1. The molecule has 1 aliphatic rings. The standard InChI is InChI=1S/C18H23N5O/c1-13-5-3-7-16(21-13)22-17-11-14(8-9-20-17)15-6-4-10-23(15)12-18(24)19-2/h3,5,7-9,11,15H,4,6,10,12H2,1-2H3,(H,19,24)(H,20,21,22)/t15-/m0/s1. The lowest BCUT2D eigenvalue weighted by Gasteiger charge is -2.24. The molecule has 2 aromatic rings. The Labute approximate surface area is 142 Å². The van der Waals surface area contributed by atoms with E-state index in [1.54, 1.807) is 7.05 Å². The van der Waals surface area contributed by atoms with Gasteiger partial charge in [0.1, 0.15) is 11.6 Å². The largest absolute Gasteiger partial charge is 0.358 e. The summed E-state index contributed by atoms with van der Waals surface area (Å²) in [5.41, 5.74) is 2.14. The van der Waals surface area contributed by atoms with Gasteiger partial charge in [0, 0.05) is 25.0 Å². The lowest BCUT2D eigenvalue weighted by molar-refractivity contribution is -0.122. The Morgan fingerprint density at radius 2 is 2.21 bits per heavy atom. The van der Waals surface area contributed by atoms with Gasteiger partial charge in [-0.15, -0.1) is 0 Å². The summed E-state index contributed by atoms with van der Waals surface area (Å²) in [6.45, 7) is 3.35. The van der Waals surface area contributed by atoms with Crippen LogP contribution in [0.4, 0.5) is 11.6 Å². The predicted molar refractivity (Wildman–Crippen MR) is 94.1 cm³/mol. The Hall–Kier alpha value is -2.47. The highest BCUT2D eigenvalue weighted by atomic mass is 16.1. The number of likely N-dealkylation sites (N-methyl/N-ethyl adjacent to an activating group) is 1. The molecule has 0 spiro atoms. The molecule has 1 atom stereocenters. The zero-order chi connectivity index (χ0) is 16.9. The second-order valence-electron chi connectivity index (χ2n) is 6.07. The number of rotatable bonds is 5. The van der Waals surface area contributed by atoms with E-state index in [4.69, 9.17) is 0 Å². The van der Waals surface area contributed by atoms with Gasteiger partial charge in [0.25, 0.3) is 0 Å². The van der Waals surface area contributed by atoms with E-state index in [-0.39, 0.29) is 11.9 Å². The number of carbonyl (C=O) groups is 1. The molecule has 0 bridgehead atoms. The van der Waals surface area contributed by atoms with E-state index >= 15 is 0 Å². The maximum absolute atomic E-state index is 11.7. The summed E-state index contributed by atoms with van der Waals surface area (Å²) in [6.07, 6.45) is 3.97. The summed E-state index contributed by atoms with van der Waals surface area (Å²) in [6, 6.07) is 10.2. The van der Waals surface area contributed by atoms with Gasteiger partial charge >= 0.3 is 0 Å². The predicted octanol–water partition coefficient (Wildman–Crippen LogP) is 2.41. The molecule has 1 amide bonds. The topological polar surface area (TPSA) is 70.2 Å². The number of nitrogens with zero attached hydrogens (tertiary/aromatic N) is 3. The van der Waals surface area contributed by atoms with Gasteiger partial charge in [-0.1, -0.05) is 6.07 Å². The van der Waals surface area contributed by atoms with Crippen LogP contribution in [0.3, 0.4) is 0 Å². The van der Waals surface area contributed by atoms with Crippen molar-refractivity contribution in [1.29, 1.82) is 0 Å². The van der Waals surface area contributed by atoms with E-state index in [1.165, 1.54) is 5.56 Å². The van der Waals surface area contributed by atoms with Crippen LogP contribution in [0.5, 0.6) is 0 Å². The Balaban J connectivity index is 1.76. The molecule has 2 N–H and O–H groups in total. The number of likely N-dealkylation sites (tertiary alicyclic amines) is 1. The van der Waals surface area contributed by atoms with E-state index in [9.17, 15) is 4.79 Å². The number of hydrogen-bond acceptors (Lipinski definition) is 5. The Morgan fingerprint density at radius 3 is 3.00 bits per heavy atom. The molecule has 1 fully saturated rings. The van der Waals surface area contributed by atoms with Gasteiger partial charge in [-0.25, -0.2) is 9.97 Å². The van der Waals surface area contributed by atoms with E-state index in [0.29, 0.717) is 6.54 Å². The van der Waals surface area contributed by atoms with Crippen LogP contribution in [0.25, 0.3) is 0 Å². The molecule has 6 heteroatoms. The van der Waals surface area contributed by atoms with Gasteiger partial charge in [0.05, 0.1) is 6.54 Å². The fourth-order valence-electron chi connectivity index (χ4n) is 3.12. The Morgan fingerprint density at radius 1 is 1.33 bits per heavy atom. The van der Waals surface area contributed by atoms with Crippen LogP contribution in [0.15, 0.2) is 36.5 Å². The summed E-state index contributed by atoms with van der Waals surface area (Å²) >= 11 is 0. The molecule has 0 unspecified atom stereocenters. The van der Waals surface area contributed by atoms with Gasteiger partial charge < -0.3 is 10.6 Å². The number of aryl methyl sites for hydroxylation is 1. The van der Waals surface area contributed by atoms with Crippen molar-refractivity contribution in [2.45, 2.75) is 25.8 Å². The third-order valence-corrected chi connectivity index (χ3v) is 4.30. The lowest BCUT2D eigenvalue weighted by Crippen LogP contribution is -2.35. The molecule has 24 heavy (non-hydrogen) atoms. The number of aromatic nitrogens is 2. The highest BCUT2D eigenvalue weighted by molar-refractivity contribution is 5.77. The number of anilines is 2. The summed E-state index contributed by atoms with van der Waals surface area (Å²) in [5, 5.41) is 5.95. The number of nitrogens with one attached hydrogen (secondary N) is 2. The minimum Gasteiger partial charge on any atom is -0.358 e. The minimum atomic E-state index is 0.0539. The molecule has 2 aromatic heterocycles. The molecule has 6 nitrogen and oxygen atoms in total. The smallest absolute Gasteiger partial charge is 0.233 e. The normalized spacial score (nSPS) is 17.7. The van der Waals surface area contributed by atoms with Crippen molar-refractivity contribution in [3.8, 4) is 0 Å². The van der Waals surface area contributed by atoms with Crippen molar-refractivity contribution in [3.63, 3.8) is 0 Å². The van der Waals surface area contributed by atoms with Gasteiger partial charge in [-0.2, -0.15) is 0 Å². The monoisotopic (exact) mass is 325 g/mol. The van der Waals surface area contributed by atoms with Crippen molar-refractivity contribution < 1.29 is 4.79 Å². The van der Waals surface area contributed by atoms with Crippen LogP contribution < -0.4 is 10.6 Å². The first-order chi connectivity index (χ1) is 11.7. The molecule has 0 radical (unpaired) electrons. The quantitative estimate of drug-likeness (QED) is 0.883. The summed E-state index contributed by atoms with van der Waals surface area (Å²) in [5.74, 6) is 1.61. The number of carbonyl (C=O) groups excluding carboxylic acids is 1. The molecule has 0 aliphatic carbocycles. The summed E-state index contributed by atoms with van der Waals surface area (Å²) in [7, 11) is 1.68. The molecular weight excluding hydrogens is 302 g/mol. The SMILES string of the molecule is CNC(=O)CN1CCC[C@H]1c1ccnc(Nc2cccc(C)n2)c1. The molecule has 1 saturated heterocycles. The average Bonchev–Trinajstić information content (AvgIpc) is 3.03. The van der Waals surface area contributed by atoms with Gasteiger partial charge in [0.15, 0.2) is 0 Å². The maximum Gasteiger partial charge on any atom is 0.233 e. The second kappa shape index (κ2) is 7.40. The fourth-order valence-corrected chi connectivity index (χ4v) is 3.12. The van der Waals surface area contributed by atoms with Gasteiger partial charge in [0.2, 0.25) is 5.91 Å². The minimum absolute atomic E-state index is 0.0539. The van der Waals surface area contributed by atoms with Crippen molar-refractivity contribution in [3.05, 3.63) is 47.8 Å². The highest BCUT2D eigenvalue weighted by Gasteiger charge is 2.27. The van der Waals surface area contributed by atoms with Crippen molar-refractivity contribution in [2.24, 2.45) is 0 Å². The Bertz CT molecular complexity index is 718. The van der Waals surface area contributed by atoms with Crippen molar-refractivity contribution >= 4 is 17.5 Å². The lowest BCUT2D eigenvalue weighted by atomic mass is 10.1. The van der Waals surface area contributed by atoms with Crippen LogP contribution >= 0.6 is 0 Å². The van der Waals surface area contributed by atoms with E-state index in [0.717, 1.165) is 36.7 Å². The first kappa shape index (κ1) is 16.4. The summed E-state index contributed by atoms with van der Waals surface area (Å²) < 4.78 is 0. The van der Waals surface area contributed by atoms with E-state index in [1.807, 2.05) is 37.4 Å². The molecule has 0 saturated carbocycles. The summed E-state index contributed by atoms with van der Waals surface area (Å²) in [4.78, 5) is 22.8. The molecule has 1 aliphatic heterocycles. The maximum atomic E-state index is 11.7. The van der Waals surface area contributed by atoms with Gasteiger partial charge in [-0.05, 0) is 56.1 Å². The first-order valence-electron chi connectivity index (χ1n) is 8.27. The third-order valence-electron chi connectivity index (χ3n) is 4.30. The zero-order valence-corrected chi connectivity index (χ0v) is 14.1. The molecule has 0 aromatic carbocycles. The van der Waals surface area contributed by atoms with Crippen LogP contribution in [0, 0.1) is 6.92 Å². The van der Waals surface area contributed by atoms with Crippen LogP contribution in [0.1, 0.15) is 30.1 Å². The van der Waals surface area contributed by atoms with Crippen molar-refractivity contribution in [2.75, 3.05) is 25.5 Å². The second-order valence-corrected chi connectivity index (χ2v) is 6.07. The number of pyridine rings is 2. The average molecular weight is 325 g/mol. The highest BCUT2D eigenvalue weighted by Crippen LogP contribution is 2.32. The zero-order valence-electron chi connectivity index (χ0n) is 14.1. The third kappa shape index (κ3) is 3.89. The molecule has 126 valence electrons. The van der Waals surface area contributed by atoms with E-state index < -0.39 is 0 Å². The van der Waals surface area contributed by atoms with Crippen LogP contribution in [0.2, 0.25) is 0 Å². The van der Waals surface area contributed by atoms with Crippen LogP contribution in [-0.2, 0) is 4.79 Å². The van der Waals surface area contributed by atoms with Crippen molar-refractivity contribution in [1.82, 2.24) is 20.2 Å². The number of hydrogen-bond donors (Lipinski definition) is 2. The Kier molecular flexibility index (Phi) is 5.05. The molecule has 3 rings (SSSR count). The fraction of sp³-hybridized carbons (Fsp3) is 0.389. The molecular formula is C18H23N5O. The molecule has 3 heterocycles. The van der Waals surface area contributed by atoms with Crippen LogP contribution in [-0.4, -0.2) is 40.9 Å². The van der Waals surface area contributed by atoms with E-state index in [2.05, 4.69) is 31.6 Å². The van der Waals surface area contributed by atoms with Gasteiger partial charge in [-0.3, -0.25) is 9.69 Å². The first-order valence-corrected chi connectivity index (χ1v) is 8.27.